The zero-order chi connectivity index (χ0) is 17.1. The van der Waals surface area contributed by atoms with Crippen molar-refractivity contribution in [3.05, 3.63) is 44.6 Å². The number of halogens is 1. The predicted molar refractivity (Wildman–Crippen MR) is 105 cm³/mol. The van der Waals surface area contributed by atoms with Gasteiger partial charge in [-0.05, 0) is 59.0 Å². The van der Waals surface area contributed by atoms with E-state index in [0.717, 1.165) is 25.0 Å². The fourth-order valence-corrected chi connectivity index (χ4v) is 3.40. The van der Waals surface area contributed by atoms with Gasteiger partial charge in [-0.2, -0.15) is 0 Å². The SMILES string of the molecule is CNc1nc(C)c(-c2ccnc(Nc3ccc(I)c(N=O)c3)n2)s1. The number of hydrogen-bond acceptors (Lipinski definition) is 8. The molecule has 0 aliphatic carbocycles. The Morgan fingerprint density at radius 3 is 2.79 bits per heavy atom. The second kappa shape index (κ2) is 7.18. The number of anilines is 3. The van der Waals surface area contributed by atoms with Crippen molar-refractivity contribution in [1.82, 2.24) is 15.0 Å². The van der Waals surface area contributed by atoms with E-state index in [0.29, 0.717) is 17.3 Å². The van der Waals surface area contributed by atoms with Crippen LogP contribution in [-0.4, -0.2) is 22.0 Å². The Bertz CT molecular complexity index is 897. The van der Waals surface area contributed by atoms with E-state index < -0.39 is 0 Å². The van der Waals surface area contributed by atoms with Crippen molar-refractivity contribution in [2.45, 2.75) is 6.92 Å². The van der Waals surface area contributed by atoms with Crippen molar-refractivity contribution < 1.29 is 0 Å². The monoisotopic (exact) mass is 452 g/mol. The highest BCUT2D eigenvalue weighted by molar-refractivity contribution is 14.1. The third-order valence-electron chi connectivity index (χ3n) is 3.20. The topological polar surface area (TPSA) is 92.2 Å². The summed E-state index contributed by atoms with van der Waals surface area (Å²) in [5, 5.41) is 9.99. The van der Waals surface area contributed by atoms with Crippen LogP contribution in [0.5, 0.6) is 0 Å². The number of aryl methyl sites for hydroxylation is 1. The average molecular weight is 452 g/mol. The molecule has 0 bridgehead atoms. The summed E-state index contributed by atoms with van der Waals surface area (Å²) in [6, 6.07) is 7.18. The molecular formula is C15H13IN6OS. The van der Waals surface area contributed by atoms with E-state index in [9.17, 15) is 4.91 Å². The molecule has 0 unspecified atom stereocenters. The van der Waals surface area contributed by atoms with E-state index in [-0.39, 0.29) is 0 Å². The van der Waals surface area contributed by atoms with Crippen molar-refractivity contribution in [3.8, 4) is 10.6 Å². The maximum atomic E-state index is 10.8. The number of nitrogens with one attached hydrogen (secondary N) is 2. The third-order valence-corrected chi connectivity index (χ3v) is 5.31. The van der Waals surface area contributed by atoms with Crippen LogP contribution in [0.4, 0.5) is 22.5 Å². The number of hydrogen-bond donors (Lipinski definition) is 2. The Kier molecular flexibility index (Phi) is 5.00. The fourth-order valence-electron chi connectivity index (χ4n) is 2.08. The largest absolute Gasteiger partial charge is 0.365 e. The van der Waals surface area contributed by atoms with E-state index in [1.165, 1.54) is 11.3 Å². The van der Waals surface area contributed by atoms with Crippen LogP contribution in [0.15, 0.2) is 35.6 Å². The number of aromatic nitrogens is 3. The van der Waals surface area contributed by atoms with Gasteiger partial charge >= 0.3 is 0 Å². The minimum atomic E-state index is 0.383. The Morgan fingerprint density at radius 2 is 2.08 bits per heavy atom. The van der Waals surface area contributed by atoms with Crippen LogP contribution >= 0.6 is 33.9 Å². The molecule has 2 heterocycles. The number of rotatable bonds is 5. The van der Waals surface area contributed by atoms with Gasteiger partial charge in [-0.1, -0.05) is 11.3 Å². The highest BCUT2D eigenvalue weighted by atomic mass is 127. The zero-order valence-electron chi connectivity index (χ0n) is 12.9. The standard InChI is InChI=1S/C15H13IN6OS/c1-8-13(24-15(17-2)19-8)11-5-6-18-14(21-11)20-9-3-4-10(16)12(7-9)22-23/h3-7H,1-2H3,(H,17,19)(H,18,20,21). The summed E-state index contributed by atoms with van der Waals surface area (Å²) in [5.74, 6) is 0.448. The number of nitroso groups, excluding NO2 is 1. The van der Waals surface area contributed by atoms with Gasteiger partial charge in [0.25, 0.3) is 0 Å². The Morgan fingerprint density at radius 1 is 1.25 bits per heavy atom. The first-order valence-corrected chi connectivity index (χ1v) is 8.88. The second-order valence-corrected chi connectivity index (χ2v) is 6.99. The second-order valence-electron chi connectivity index (χ2n) is 4.83. The molecule has 24 heavy (non-hydrogen) atoms. The first-order chi connectivity index (χ1) is 11.6. The Labute approximate surface area is 156 Å². The zero-order valence-corrected chi connectivity index (χ0v) is 15.8. The van der Waals surface area contributed by atoms with Gasteiger partial charge in [0.05, 0.1) is 16.3 Å². The maximum absolute atomic E-state index is 10.8. The summed E-state index contributed by atoms with van der Waals surface area (Å²) in [6.07, 6.45) is 1.69. The molecular weight excluding hydrogens is 439 g/mol. The molecule has 0 amide bonds. The van der Waals surface area contributed by atoms with Crippen LogP contribution in [0.1, 0.15) is 5.69 Å². The highest BCUT2D eigenvalue weighted by Gasteiger charge is 2.11. The summed E-state index contributed by atoms with van der Waals surface area (Å²) in [6.45, 7) is 1.95. The van der Waals surface area contributed by atoms with Crippen LogP contribution in [0.25, 0.3) is 10.6 Å². The molecule has 0 radical (unpaired) electrons. The first kappa shape index (κ1) is 16.7. The van der Waals surface area contributed by atoms with Gasteiger partial charge in [-0.15, -0.1) is 4.91 Å². The lowest BCUT2D eigenvalue weighted by molar-refractivity contribution is 1.16. The van der Waals surface area contributed by atoms with Crippen molar-refractivity contribution >= 4 is 56.4 Å². The molecule has 1 aromatic carbocycles. The summed E-state index contributed by atoms with van der Waals surface area (Å²) in [5.41, 5.74) is 2.80. The molecule has 7 nitrogen and oxygen atoms in total. The van der Waals surface area contributed by atoms with E-state index >= 15 is 0 Å². The van der Waals surface area contributed by atoms with Crippen molar-refractivity contribution in [1.29, 1.82) is 0 Å². The Balaban J connectivity index is 1.90. The smallest absolute Gasteiger partial charge is 0.227 e. The van der Waals surface area contributed by atoms with Crippen molar-refractivity contribution in [2.75, 3.05) is 17.7 Å². The van der Waals surface area contributed by atoms with E-state index in [1.54, 1.807) is 12.3 Å². The summed E-state index contributed by atoms with van der Waals surface area (Å²) < 4.78 is 0.794. The highest BCUT2D eigenvalue weighted by Crippen LogP contribution is 2.32. The van der Waals surface area contributed by atoms with E-state index in [1.807, 2.05) is 32.2 Å². The molecule has 0 saturated heterocycles. The molecule has 0 atom stereocenters. The van der Waals surface area contributed by atoms with E-state index in [4.69, 9.17) is 0 Å². The number of thiazole rings is 1. The predicted octanol–water partition coefficient (Wildman–Crippen LogP) is 4.70. The normalized spacial score (nSPS) is 10.5. The summed E-state index contributed by atoms with van der Waals surface area (Å²) >= 11 is 3.60. The first-order valence-electron chi connectivity index (χ1n) is 6.99. The van der Waals surface area contributed by atoms with Gasteiger partial charge in [0, 0.05) is 22.5 Å². The minimum absolute atomic E-state index is 0.383. The molecule has 0 saturated carbocycles. The minimum Gasteiger partial charge on any atom is -0.365 e. The Hall–Kier alpha value is -2.14. The van der Waals surface area contributed by atoms with E-state index in [2.05, 4.69) is 53.4 Å². The van der Waals surface area contributed by atoms with Gasteiger partial charge < -0.3 is 10.6 Å². The van der Waals surface area contributed by atoms with Crippen molar-refractivity contribution in [3.63, 3.8) is 0 Å². The van der Waals surface area contributed by atoms with Gasteiger partial charge in [0.1, 0.15) is 5.69 Å². The quantitative estimate of drug-likeness (QED) is 0.431. The lowest BCUT2D eigenvalue weighted by Crippen LogP contribution is -1.98. The summed E-state index contributed by atoms with van der Waals surface area (Å²) in [7, 11) is 1.84. The fraction of sp³-hybridized carbons (Fsp3) is 0.133. The molecule has 0 aliphatic heterocycles. The van der Waals surface area contributed by atoms with Gasteiger partial charge in [-0.3, -0.25) is 0 Å². The molecule has 3 aromatic rings. The van der Waals surface area contributed by atoms with Gasteiger partial charge in [-0.25, -0.2) is 15.0 Å². The molecule has 9 heteroatoms. The van der Waals surface area contributed by atoms with Crippen LogP contribution in [0.3, 0.4) is 0 Å². The van der Waals surface area contributed by atoms with Gasteiger partial charge in [0.2, 0.25) is 5.95 Å². The number of benzene rings is 1. The molecule has 0 aliphatic rings. The van der Waals surface area contributed by atoms with Crippen LogP contribution in [0, 0.1) is 15.4 Å². The lowest BCUT2D eigenvalue weighted by Gasteiger charge is -2.07. The van der Waals surface area contributed by atoms with Crippen LogP contribution in [0.2, 0.25) is 0 Å². The average Bonchev–Trinajstić information content (AvgIpc) is 2.98. The van der Waals surface area contributed by atoms with Crippen LogP contribution in [-0.2, 0) is 0 Å². The molecule has 0 fully saturated rings. The molecule has 2 N–H and O–H groups in total. The van der Waals surface area contributed by atoms with Gasteiger partial charge in [0.15, 0.2) is 5.13 Å². The molecule has 2 aromatic heterocycles. The molecule has 3 rings (SSSR count). The lowest BCUT2D eigenvalue weighted by atomic mass is 10.3. The molecule has 0 spiro atoms. The summed E-state index contributed by atoms with van der Waals surface area (Å²) in [4.78, 5) is 25.0. The third kappa shape index (κ3) is 3.51. The maximum Gasteiger partial charge on any atom is 0.227 e. The van der Waals surface area contributed by atoms with Crippen molar-refractivity contribution in [2.24, 2.45) is 5.18 Å². The number of nitrogens with zero attached hydrogens (tertiary/aromatic N) is 4. The van der Waals surface area contributed by atoms with Crippen LogP contribution < -0.4 is 10.6 Å². The molecule has 122 valence electrons.